The van der Waals surface area contributed by atoms with Gasteiger partial charge < -0.3 is 5.32 Å². The first-order valence-electron chi connectivity index (χ1n) is 9.09. The van der Waals surface area contributed by atoms with Crippen molar-refractivity contribution in [2.75, 3.05) is 5.32 Å². The Morgan fingerprint density at radius 1 is 1.04 bits per heavy atom. The van der Waals surface area contributed by atoms with Crippen molar-refractivity contribution in [2.45, 2.75) is 44.3 Å². The monoisotopic (exact) mass is 363 g/mol. The van der Waals surface area contributed by atoms with E-state index in [2.05, 4.69) is 22.2 Å². The molecule has 0 bridgehead atoms. The molecule has 0 spiro atoms. The van der Waals surface area contributed by atoms with Crippen LogP contribution in [0.5, 0.6) is 0 Å². The summed E-state index contributed by atoms with van der Waals surface area (Å²) < 4.78 is 2.89. The lowest BCUT2D eigenvalue weighted by atomic mass is 9.99. The molecule has 2 aliphatic rings. The molecule has 0 radical (unpaired) electrons. The summed E-state index contributed by atoms with van der Waals surface area (Å²) in [6.07, 6.45) is 6.76. The second-order valence-corrected chi connectivity index (χ2v) is 7.67. The fourth-order valence-corrected chi connectivity index (χ4v) is 4.58. The van der Waals surface area contributed by atoms with Gasteiger partial charge in [0.2, 0.25) is 0 Å². The molecule has 2 aliphatic carbocycles. The van der Waals surface area contributed by atoms with Gasteiger partial charge in [0, 0.05) is 11.4 Å². The number of aryl methyl sites for hydroxylation is 2. The highest BCUT2D eigenvalue weighted by Crippen LogP contribution is 2.38. The minimum absolute atomic E-state index is 0.155. The number of anilines is 1. The van der Waals surface area contributed by atoms with E-state index in [0.717, 1.165) is 36.9 Å². The van der Waals surface area contributed by atoms with Crippen LogP contribution in [0.2, 0.25) is 0 Å². The number of rotatable bonds is 4. The molecule has 0 atom stereocenters. The molecule has 0 aromatic heterocycles. The average Bonchev–Trinajstić information content (AvgIpc) is 3.31. The number of carbonyl (C=O) groups is 1. The molecule has 4 nitrogen and oxygen atoms in total. The van der Waals surface area contributed by atoms with Crippen LogP contribution >= 0.6 is 11.9 Å². The molecule has 132 valence electrons. The Morgan fingerprint density at radius 2 is 1.69 bits per heavy atom. The maximum Gasteiger partial charge on any atom is 0.329 e. The highest BCUT2D eigenvalue weighted by Gasteiger charge is 2.24. The zero-order chi connectivity index (χ0) is 17.9. The zero-order valence-electron chi connectivity index (χ0n) is 14.6. The van der Waals surface area contributed by atoms with Gasteiger partial charge >= 0.3 is 6.03 Å². The number of fused-ring (bicyclic) bond motifs is 2. The van der Waals surface area contributed by atoms with Crippen LogP contribution in [-0.4, -0.2) is 6.03 Å². The van der Waals surface area contributed by atoms with Crippen molar-refractivity contribution in [2.24, 2.45) is 0 Å². The summed E-state index contributed by atoms with van der Waals surface area (Å²) >= 11 is 1.37. The van der Waals surface area contributed by atoms with Crippen molar-refractivity contribution >= 4 is 23.7 Å². The number of hydrogen-bond acceptors (Lipinski definition) is 3. The molecule has 0 saturated heterocycles. The molecule has 0 unspecified atom stereocenters. The Morgan fingerprint density at radius 3 is 2.31 bits per heavy atom. The fraction of sp³-hybridized carbons (Fsp3) is 0.333. The number of urea groups is 1. The van der Waals surface area contributed by atoms with E-state index in [1.54, 1.807) is 12.1 Å². The van der Waals surface area contributed by atoms with Crippen molar-refractivity contribution in [3.8, 4) is 6.07 Å². The quantitative estimate of drug-likeness (QED) is 0.786. The predicted molar refractivity (Wildman–Crippen MR) is 105 cm³/mol. The predicted octanol–water partition coefficient (Wildman–Crippen LogP) is 4.51. The van der Waals surface area contributed by atoms with Crippen LogP contribution in [0, 0.1) is 11.3 Å². The molecule has 26 heavy (non-hydrogen) atoms. The van der Waals surface area contributed by atoms with Crippen LogP contribution in [0.25, 0.3) is 0 Å². The van der Waals surface area contributed by atoms with Crippen molar-refractivity contribution in [3.05, 3.63) is 63.7 Å². The van der Waals surface area contributed by atoms with Gasteiger partial charge in [-0.15, -0.1) is 0 Å². The van der Waals surface area contributed by atoms with E-state index >= 15 is 0 Å². The zero-order valence-corrected chi connectivity index (χ0v) is 15.4. The third-order valence-corrected chi connectivity index (χ3v) is 6.01. The van der Waals surface area contributed by atoms with E-state index in [9.17, 15) is 4.79 Å². The Kier molecular flexibility index (Phi) is 4.85. The van der Waals surface area contributed by atoms with Crippen LogP contribution in [-0.2, 0) is 31.4 Å². The molecule has 2 aromatic carbocycles. The Labute approximate surface area is 158 Å². The number of amides is 2. The third kappa shape index (κ3) is 3.42. The minimum atomic E-state index is -0.155. The van der Waals surface area contributed by atoms with Gasteiger partial charge in [0.15, 0.2) is 0 Å². The van der Waals surface area contributed by atoms with Crippen LogP contribution < -0.4 is 10.0 Å². The van der Waals surface area contributed by atoms with E-state index in [1.807, 2.05) is 12.1 Å². The van der Waals surface area contributed by atoms with E-state index < -0.39 is 0 Å². The van der Waals surface area contributed by atoms with E-state index in [1.165, 1.54) is 47.0 Å². The lowest BCUT2D eigenvalue weighted by Gasteiger charge is -2.16. The molecular weight excluding hydrogens is 342 g/mol. The summed E-state index contributed by atoms with van der Waals surface area (Å²) in [5, 5.41) is 12.0. The van der Waals surface area contributed by atoms with E-state index in [-0.39, 0.29) is 6.03 Å². The smallest absolute Gasteiger partial charge is 0.307 e. The van der Waals surface area contributed by atoms with Crippen LogP contribution in [0.1, 0.15) is 46.2 Å². The van der Waals surface area contributed by atoms with Gasteiger partial charge in [-0.3, -0.25) is 4.72 Å². The second-order valence-electron chi connectivity index (χ2n) is 6.89. The van der Waals surface area contributed by atoms with Gasteiger partial charge in [0.25, 0.3) is 0 Å². The van der Waals surface area contributed by atoms with Crippen LogP contribution in [0.4, 0.5) is 10.5 Å². The first kappa shape index (κ1) is 17.0. The molecule has 2 N–H and O–H groups in total. The van der Waals surface area contributed by atoms with Crippen LogP contribution in [0.3, 0.4) is 0 Å². The van der Waals surface area contributed by atoms with Crippen molar-refractivity contribution in [1.82, 2.24) is 4.72 Å². The molecule has 0 heterocycles. The number of carbonyl (C=O) groups excluding carboxylic acids is 1. The van der Waals surface area contributed by atoms with E-state index in [0.29, 0.717) is 11.3 Å². The molecular formula is C21H21N3OS. The van der Waals surface area contributed by atoms with Gasteiger partial charge in [-0.25, -0.2) is 4.79 Å². The minimum Gasteiger partial charge on any atom is -0.307 e. The molecule has 2 amide bonds. The van der Waals surface area contributed by atoms with Crippen molar-refractivity contribution < 1.29 is 4.79 Å². The number of nitriles is 1. The molecule has 5 heteroatoms. The van der Waals surface area contributed by atoms with Gasteiger partial charge in [-0.05, 0) is 90.4 Å². The van der Waals surface area contributed by atoms with Crippen molar-refractivity contribution in [3.63, 3.8) is 0 Å². The maximum atomic E-state index is 12.4. The normalized spacial score (nSPS) is 14.4. The summed E-state index contributed by atoms with van der Waals surface area (Å²) in [5.41, 5.74) is 8.34. The number of nitrogens with one attached hydrogen (secondary N) is 2. The highest BCUT2D eigenvalue weighted by atomic mass is 32.2. The van der Waals surface area contributed by atoms with Gasteiger partial charge in [-0.1, -0.05) is 18.2 Å². The standard InChI is InChI=1S/C21H21N3OS/c22-12-14-7-9-15(10-8-14)13-26-24-21(25)23-20-18-5-1-3-16(18)11-17-4-2-6-19(17)20/h7-11H,1-6,13H2,(H2,23,24,25). The Bertz CT molecular complexity index is 851. The number of hydrogen-bond donors (Lipinski definition) is 2. The highest BCUT2D eigenvalue weighted by molar-refractivity contribution is 7.97. The Hall–Kier alpha value is -2.45. The van der Waals surface area contributed by atoms with Crippen molar-refractivity contribution in [1.29, 1.82) is 5.26 Å². The maximum absolute atomic E-state index is 12.4. The van der Waals surface area contributed by atoms with Gasteiger partial charge in [0.05, 0.1) is 11.6 Å². The average molecular weight is 363 g/mol. The molecule has 0 saturated carbocycles. The molecule has 4 rings (SSSR count). The van der Waals surface area contributed by atoms with Gasteiger partial charge in [-0.2, -0.15) is 5.26 Å². The second kappa shape index (κ2) is 7.43. The summed E-state index contributed by atoms with van der Waals surface area (Å²) in [4.78, 5) is 12.4. The SMILES string of the molecule is N#Cc1ccc(CSNC(=O)Nc2c3c(cc4c2CCC4)CCC3)cc1. The first-order valence-corrected chi connectivity index (χ1v) is 10.1. The topological polar surface area (TPSA) is 64.9 Å². The molecule has 0 fully saturated rings. The summed E-state index contributed by atoms with van der Waals surface area (Å²) in [6.45, 7) is 0. The molecule has 0 aliphatic heterocycles. The Balaban J connectivity index is 1.39. The first-order chi connectivity index (χ1) is 12.7. The fourth-order valence-electron chi connectivity index (χ4n) is 3.97. The largest absolute Gasteiger partial charge is 0.329 e. The third-order valence-electron chi connectivity index (χ3n) is 5.20. The lowest BCUT2D eigenvalue weighted by molar-refractivity contribution is 0.257. The summed E-state index contributed by atoms with van der Waals surface area (Å²) in [7, 11) is 0. The van der Waals surface area contributed by atoms with Gasteiger partial charge in [0.1, 0.15) is 0 Å². The molecule has 2 aromatic rings. The summed E-state index contributed by atoms with van der Waals surface area (Å²) in [5.74, 6) is 0.671. The summed E-state index contributed by atoms with van der Waals surface area (Å²) in [6, 6.07) is 11.8. The van der Waals surface area contributed by atoms with Crippen LogP contribution in [0.15, 0.2) is 30.3 Å². The van der Waals surface area contributed by atoms with E-state index in [4.69, 9.17) is 5.26 Å². The number of nitrogens with zero attached hydrogens (tertiary/aromatic N) is 1. The lowest BCUT2D eigenvalue weighted by Crippen LogP contribution is -2.24. The number of benzene rings is 2.